The van der Waals surface area contributed by atoms with Crippen LogP contribution in [0, 0.1) is 0 Å². The van der Waals surface area contributed by atoms with E-state index in [1.165, 1.54) is 0 Å². The average Bonchev–Trinajstić information content (AvgIpc) is 3.00. The second kappa shape index (κ2) is 8.38. The lowest BCUT2D eigenvalue weighted by Gasteiger charge is -2.22. The molecule has 1 atom stereocenters. The first kappa shape index (κ1) is 17.8. The SMILES string of the molecule is CN(C)C(CNC(=O)COc1ccc(Br)cc1Cl)c1ccco1. The fraction of sp³-hybridized carbons (Fsp3) is 0.312. The summed E-state index contributed by atoms with van der Waals surface area (Å²) in [7, 11) is 3.86. The van der Waals surface area contributed by atoms with Gasteiger partial charge >= 0.3 is 0 Å². The highest BCUT2D eigenvalue weighted by Gasteiger charge is 2.18. The number of furan rings is 1. The monoisotopic (exact) mass is 400 g/mol. The van der Waals surface area contributed by atoms with Crippen molar-refractivity contribution >= 4 is 33.4 Å². The van der Waals surface area contributed by atoms with E-state index in [1.807, 2.05) is 31.1 Å². The Bertz CT molecular complexity index is 647. The van der Waals surface area contributed by atoms with E-state index in [1.54, 1.807) is 24.5 Å². The summed E-state index contributed by atoms with van der Waals surface area (Å²) in [5.74, 6) is 1.05. The molecule has 1 aromatic carbocycles. The molecule has 0 aliphatic carbocycles. The molecule has 0 saturated heterocycles. The standard InChI is InChI=1S/C16H18BrClN2O3/c1-20(2)13(15-4-3-7-22-15)9-19-16(21)10-23-14-6-5-11(17)8-12(14)18/h3-8,13H,9-10H2,1-2H3,(H,19,21). The fourth-order valence-corrected chi connectivity index (χ4v) is 2.74. The van der Waals surface area contributed by atoms with Gasteiger partial charge in [0.15, 0.2) is 6.61 Å². The minimum absolute atomic E-state index is 0.0368. The van der Waals surface area contributed by atoms with E-state index in [-0.39, 0.29) is 18.6 Å². The van der Waals surface area contributed by atoms with Gasteiger partial charge in [-0.15, -0.1) is 0 Å². The van der Waals surface area contributed by atoms with Gasteiger partial charge in [-0.25, -0.2) is 0 Å². The van der Waals surface area contributed by atoms with E-state index in [0.717, 1.165) is 10.2 Å². The van der Waals surface area contributed by atoms with Crippen molar-refractivity contribution in [3.05, 3.63) is 51.9 Å². The molecule has 5 nitrogen and oxygen atoms in total. The Morgan fingerprint density at radius 3 is 2.83 bits per heavy atom. The van der Waals surface area contributed by atoms with E-state index >= 15 is 0 Å². The van der Waals surface area contributed by atoms with E-state index in [4.69, 9.17) is 20.8 Å². The van der Waals surface area contributed by atoms with Crippen molar-refractivity contribution in [2.24, 2.45) is 0 Å². The lowest BCUT2D eigenvalue weighted by atomic mass is 10.2. The van der Waals surface area contributed by atoms with Crippen molar-refractivity contribution < 1.29 is 13.9 Å². The quantitative estimate of drug-likeness (QED) is 0.771. The second-order valence-electron chi connectivity index (χ2n) is 5.16. The lowest BCUT2D eigenvalue weighted by molar-refractivity contribution is -0.123. The molecule has 23 heavy (non-hydrogen) atoms. The first-order valence-electron chi connectivity index (χ1n) is 7.01. The zero-order chi connectivity index (χ0) is 16.8. The molecule has 0 aliphatic rings. The van der Waals surface area contributed by atoms with Crippen LogP contribution in [0.4, 0.5) is 0 Å². The Labute approximate surface area is 148 Å². The van der Waals surface area contributed by atoms with E-state index in [9.17, 15) is 4.79 Å². The number of nitrogens with one attached hydrogen (secondary N) is 1. The van der Waals surface area contributed by atoms with Crippen molar-refractivity contribution in [2.45, 2.75) is 6.04 Å². The average molecular weight is 402 g/mol. The van der Waals surface area contributed by atoms with Gasteiger partial charge in [0.1, 0.15) is 11.5 Å². The largest absolute Gasteiger partial charge is 0.482 e. The third kappa shape index (κ3) is 5.27. The maximum Gasteiger partial charge on any atom is 0.258 e. The molecule has 1 amide bonds. The highest BCUT2D eigenvalue weighted by atomic mass is 79.9. The number of likely N-dealkylation sites (N-methyl/N-ethyl adjacent to an activating group) is 1. The van der Waals surface area contributed by atoms with E-state index in [0.29, 0.717) is 17.3 Å². The summed E-state index contributed by atoms with van der Waals surface area (Å²) >= 11 is 9.36. The van der Waals surface area contributed by atoms with Gasteiger partial charge in [0.05, 0.1) is 17.3 Å². The Kier molecular flexibility index (Phi) is 6.50. The highest BCUT2D eigenvalue weighted by Crippen LogP contribution is 2.27. The molecule has 0 saturated carbocycles. The molecule has 2 aromatic rings. The van der Waals surface area contributed by atoms with Gasteiger partial charge in [-0.05, 0) is 44.4 Å². The Morgan fingerprint density at radius 2 is 2.22 bits per heavy atom. The minimum Gasteiger partial charge on any atom is -0.482 e. The molecule has 1 aromatic heterocycles. The molecule has 0 aliphatic heterocycles. The summed E-state index contributed by atoms with van der Waals surface area (Å²) in [4.78, 5) is 13.9. The van der Waals surface area contributed by atoms with Crippen molar-refractivity contribution in [3.63, 3.8) is 0 Å². The molecule has 124 valence electrons. The second-order valence-corrected chi connectivity index (χ2v) is 6.49. The topological polar surface area (TPSA) is 54.7 Å². The number of hydrogen-bond donors (Lipinski definition) is 1. The summed E-state index contributed by atoms with van der Waals surface area (Å²) in [5.41, 5.74) is 0. The fourth-order valence-electron chi connectivity index (χ4n) is 2.02. The number of ether oxygens (including phenoxy) is 1. The summed E-state index contributed by atoms with van der Waals surface area (Å²) in [6.07, 6.45) is 1.62. The maximum atomic E-state index is 12.0. The summed E-state index contributed by atoms with van der Waals surface area (Å²) in [6, 6.07) is 8.91. The Morgan fingerprint density at radius 1 is 1.43 bits per heavy atom. The molecule has 0 spiro atoms. The van der Waals surface area contributed by atoms with Gasteiger partial charge in [-0.1, -0.05) is 27.5 Å². The molecule has 7 heteroatoms. The van der Waals surface area contributed by atoms with Gasteiger partial charge in [0.2, 0.25) is 0 Å². The van der Waals surface area contributed by atoms with Crippen LogP contribution in [0.3, 0.4) is 0 Å². The van der Waals surface area contributed by atoms with Crippen molar-refractivity contribution in [3.8, 4) is 5.75 Å². The smallest absolute Gasteiger partial charge is 0.258 e. The van der Waals surface area contributed by atoms with Crippen LogP contribution in [0.2, 0.25) is 5.02 Å². The first-order chi connectivity index (χ1) is 11.0. The third-order valence-electron chi connectivity index (χ3n) is 3.24. The number of nitrogens with zero attached hydrogens (tertiary/aromatic N) is 1. The number of carbonyl (C=O) groups excluding carboxylic acids is 1. The molecule has 1 heterocycles. The van der Waals surface area contributed by atoms with Crippen LogP contribution in [0.15, 0.2) is 45.5 Å². The van der Waals surface area contributed by atoms with Gasteiger partial charge < -0.3 is 14.5 Å². The van der Waals surface area contributed by atoms with Crippen LogP contribution >= 0.6 is 27.5 Å². The molecule has 0 radical (unpaired) electrons. The summed E-state index contributed by atoms with van der Waals surface area (Å²) in [5, 5.41) is 3.29. The van der Waals surface area contributed by atoms with E-state index in [2.05, 4.69) is 21.2 Å². The van der Waals surface area contributed by atoms with Crippen molar-refractivity contribution in [1.29, 1.82) is 0 Å². The van der Waals surface area contributed by atoms with Crippen LogP contribution < -0.4 is 10.1 Å². The van der Waals surface area contributed by atoms with Crippen molar-refractivity contribution in [1.82, 2.24) is 10.2 Å². The highest BCUT2D eigenvalue weighted by molar-refractivity contribution is 9.10. The number of hydrogen-bond acceptors (Lipinski definition) is 4. The van der Waals surface area contributed by atoms with E-state index < -0.39 is 0 Å². The van der Waals surface area contributed by atoms with Crippen LogP contribution in [0.25, 0.3) is 0 Å². The Balaban J connectivity index is 1.84. The molecule has 1 unspecified atom stereocenters. The zero-order valence-corrected chi connectivity index (χ0v) is 15.2. The predicted molar refractivity (Wildman–Crippen MR) is 92.8 cm³/mol. The van der Waals surface area contributed by atoms with Gasteiger partial charge in [-0.3, -0.25) is 9.69 Å². The number of amides is 1. The normalized spacial score (nSPS) is 12.2. The first-order valence-corrected chi connectivity index (χ1v) is 8.19. The molecular weight excluding hydrogens is 384 g/mol. The van der Waals surface area contributed by atoms with Crippen LogP contribution in [-0.4, -0.2) is 38.1 Å². The molecule has 1 N–H and O–H groups in total. The minimum atomic E-state index is -0.220. The Hall–Kier alpha value is -1.50. The third-order valence-corrected chi connectivity index (χ3v) is 4.03. The molecule has 0 bridgehead atoms. The predicted octanol–water partition coefficient (Wildman–Crippen LogP) is 3.49. The molecule has 2 rings (SSSR count). The molecular formula is C16H18BrClN2O3. The maximum absolute atomic E-state index is 12.0. The lowest BCUT2D eigenvalue weighted by Crippen LogP contribution is -2.36. The number of carbonyl (C=O) groups is 1. The number of rotatable bonds is 7. The zero-order valence-electron chi connectivity index (χ0n) is 12.9. The summed E-state index contributed by atoms with van der Waals surface area (Å²) < 4.78 is 11.7. The van der Waals surface area contributed by atoms with Crippen LogP contribution in [0.5, 0.6) is 5.75 Å². The molecule has 0 fully saturated rings. The number of benzene rings is 1. The van der Waals surface area contributed by atoms with Crippen LogP contribution in [0.1, 0.15) is 11.8 Å². The van der Waals surface area contributed by atoms with Gasteiger partial charge in [0.25, 0.3) is 5.91 Å². The van der Waals surface area contributed by atoms with Gasteiger partial charge in [-0.2, -0.15) is 0 Å². The van der Waals surface area contributed by atoms with Crippen LogP contribution in [-0.2, 0) is 4.79 Å². The summed E-state index contributed by atoms with van der Waals surface area (Å²) in [6.45, 7) is 0.330. The van der Waals surface area contributed by atoms with Crippen molar-refractivity contribution in [2.75, 3.05) is 27.2 Å². The van der Waals surface area contributed by atoms with Gasteiger partial charge in [0, 0.05) is 11.0 Å². The number of halogens is 2.